The van der Waals surface area contributed by atoms with E-state index in [0.717, 1.165) is 16.9 Å². The van der Waals surface area contributed by atoms with E-state index in [0.29, 0.717) is 18.9 Å². The lowest BCUT2D eigenvalue weighted by Gasteiger charge is -2.32. The number of rotatable bonds is 5. The van der Waals surface area contributed by atoms with Crippen molar-refractivity contribution in [3.8, 4) is 5.75 Å². The summed E-state index contributed by atoms with van der Waals surface area (Å²) in [5.74, 6) is 0.950. The number of cyclic esters (lactones) is 1. The molecule has 0 bridgehead atoms. The van der Waals surface area contributed by atoms with Gasteiger partial charge >= 0.3 is 5.97 Å². The highest BCUT2D eigenvalue weighted by molar-refractivity contribution is 5.94. The number of esters is 1. The smallest absolute Gasteiger partial charge is 0.336 e. The molecule has 6 heteroatoms. The van der Waals surface area contributed by atoms with Gasteiger partial charge in [0.05, 0.1) is 19.8 Å². The van der Waals surface area contributed by atoms with Gasteiger partial charge in [-0.2, -0.15) is 0 Å². The Kier molecular flexibility index (Phi) is 5.28. The van der Waals surface area contributed by atoms with Gasteiger partial charge < -0.3 is 18.9 Å². The van der Waals surface area contributed by atoms with E-state index < -0.39 is 17.8 Å². The van der Waals surface area contributed by atoms with Crippen molar-refractivity contribution in [2.24, 2.45) is 10.4 Å². The first-order chi connectivity index (χ1) is 14.0. The summed E-state index contributed by atoms with van der Waals surface area (Å²) in [4.78, 5) is 17.0. The van der Waals surface area contributed by atoms with Crippen LogP contribution in [0.3, 0.4) is 0 Å². The summed E-state index contributed by atoms with van der Waals surface area (Å²) in [5.41, 5.74) is 1.49. The minimum Gasteiger partial charge on any atom is -0.497 e. The van der Waals surface area contributed by atoms with E-state index in [1.54, 1.807) is 7.11 Å². The number of aliphatic imine (C=N–C) groups is 1. The topological polar surface area (TPSA) is 66.4 Å². The summed E-state index contributed by atoms with van der Waals surface area (Å²) < 4.78 is 22.7. The van der Waals surface area contributed by atoms with Gasteiger partial charge in [-0.3, -0.25) is 0 Å². The van der Waals surface area contributed by atoms with Crippen molar-refractivity contribution in [2.75, 3.05) is 13.7 Å². The van der Waals surface area contributed by atoms with Crippen LogP contribution in [-0.4, -0.2) is 38.0 Å². The third kappa shape index (κ3) is 4.12. The molecule has 6 nitrogen and oxygen atoms in total. The van der Waals surface area contributed by atoms with Crippen molar-refractivity contribution in [1.82, 2.24) is 0 Å². The standard InChI is InChI=1S/C23H25NO5/c1-23(2)14-27-22(25)20(23)28-19-13-18(15-9-11-17(26-3)12-10-15)24-21(29-19)16-7-5-4-6-8-16/h4-12,18-20H,13-14H2,1-3H3/t18-,19+,20+/m1/s1. The van der Waals surface area contributed by atoms with Crippen LogP contribution in [0.15, 0.2) is 59.6 Å². The Morgan fingerprint density at radius 2 is 1.79 bits per heavy atom. The van der Waals surface area contributed by atoms with Crippen LogP contribution < -0.4 is 4.74 Å². The fraction of sp³-hybridized carbons (Fsp3) is 0.391. The molecule has 2 aliphatic rings. The molecule has 2 aliphatic heterocycles. The Hall–Kier alpha value is -2.86. The Morgan fingerprint density at radius 1 is 1.07 bits per heavy atom. The molecule has 2 aromatic carbocycles. The highest BCUT2D eigenvalue weighted by atomic mass is 16.7. The summed E-state index contributed by atoms with van der Waals surface area (Å²) in [7, 11) is 1.64. The molecule has 152 valence electrons. The maximum Gasteiger partial charge on any atom is 0.336 e. The second-order valence-electron chi connectivity index (χ2n) is 7.98. The van der Waals surface area contributed by atoms with E-state index in [1.165, 1.54) is 0 Å². The van der Waals surface area contributed by atoms with Crippen molar-refractivity contribution in [1.29, 1.82) is 0 Å². The molecule has 0 N–H and O–H groups in total. The van der Waals surface area contributed by atoms with Crippen LogP contribution >= 0.6 is 0 Å². The third-order valence-corrected chi connectivity index (χ3v) is 5.25. The number of benzene rings is 2. The lowest BCUT2D eigenvalue weighted by Crippen LogP contribution is -2.40. The average molecular weight is 395 g/mol. The summed E-state index contributed by atoms with van der Waals surface area (Å²) in [6.07, 6.45) is -0.772. The van der Waals surface area contributed by atoms with Gasteiger partial charge in [0.2, 0.25) is 12.2 Å². The zero-order valence-corrected chi connectivity index (χ0v) is 16.8. The minimum atomic E-state index is -0.667. The fourth-order valence-electron chi connectivity index (χ4n) is 3.54. The van der Waals surface area contributed by atoms with Gasteiger partial charge in [-0.1, -0.05) is 44.2 Å². The first-order valence-electron chi connectivity index (χ1n) is 9.72. The van der Waals surface area contributed by atoms with Crippen LogP contribution in [-0.2, 0) is 19.0 Å². The molecular weight excluding hydrogens is 370 g/mol. The van der Waals surface area contributed by atoms with Crippen LogP contribution in [0, 0.1) is 5.41 Å². The molecule has 0 amide bonds. The number of methoxy groups -OCH3 is 1. The van der Waals surface area contributed by atoms with Crippen molar-refractivity contribution in [3.05, 3.63) is 65.7 Å². The average Bonchev–Trinajstić information content (AvgIpc) is 3.01. The number of hydrogen-bond acceptors (Lipinski definition) is 6. The Labute approximate surface area is 170 Å². The maximum atomic E-state index is 12.2. The Bertz CT molecular complexity index is 891. The van der Waals surface area contributed by atoms with Gasteiger partial charge in [0.25, 0.3) is 0 Å². The first-order valence-corrected chi connectivity index (χ1v) is 9.72. The molecule has 0 radical (unpaired) electrons. The van der Waals surface area contributed by atoms with E-state index in [1.807, 2.05) is 68.4 Å². The minimum absolute atomic E-state index is 0.157. The van der Waals surface area contributed by atoms with E-state index in [4.69, 9.17) is 23.9 Å². The summed E-state index contributed by atoms with van der Waals surface area (Å²) in [6, 6.07) is 17.4. The number of nitrogens with zero attached hydrogens (tertiary/aromatic N) is 1. The Balaban J connectivity index is 1.62. The van der Waals surface area contributed by atoms with Gasteiger partial charge in [0, 0.05) is 17.4 Å². The van der Waals surface area contributed by atoms with Crippen molar-refractivity contribution >= 4 is 11.9 Å². The number of hydrogen-bond donors (Lipinski definition) is 0. The first kappa shape index (κ1) is 19.5. The second-order valence-corrected chi connectivity index (χ2v) is 7.98. The zero-order valence-electron chi connectivity index (χ0n) is 16.8. The van der Waals surface area contributed by atoms with Crippen molar-refractivity contribution < 1.29 is 23.7 Å². The largest absolute Gasteiger partial charge is 0.497 e. The molecule has 1 fully saturated rings. The summed E-state index contributed by atoms with van der Waals surface area (Å²) >= 11 is 0. The monoisotopic (exact) mass is 395 g/mol. The van der Waals surface area contributed by atoms with Gasteiger partial charge in [-0.25, -0.2) is 9.79 Å². The van der Waals surface area contributed by atoms with Crippen molar-refractivity contribution in [2.45, 2.75) is 38.7 Å². The third-order valence-electron chi connectivity index (χ3n) is 5.25. The number of carbonyl (C=O) groups excluding carboxylic acids is 1. The number of carbonyl (C=O) groups is 1. The molecule has 4 rings (SSSR count). The van der Waals surface area contributed by atoms with Crippen LogP contribution in [0.2, 0.25) is 0 Å². The molecular formula is C23H25NO5. The van der Waals surface area contributed by atoms with Crippen LogP contribution in [0.1, 0.15) is 37.4 Å². The molecule has 3 atom stereocenters. The predicted octanol–water partition coefficient (Wildman–Crippen LogP) is 3.90. The molecule has 1 saturated heterocycles. The van der Waals surface area contributed by atoms with E-state index in [2.05, 4.69) is 0 Å². The van der Waals surface area contributed by atoms with Crippen LogP contribution in [0.5, 0.6) is 5.75 Å². The molecule has 2 aromatic rings. The number of ether oxygens (including phenoxy) is 4. The van der Waals surface area contributed by atoms with Crippen LogP contribution in [0.25, 0.3) is 0 Å². The summed E-state index contributed by atoms with van der Waals surface area (Å²) in [5, 5.41) is 0. The second kappa shape index (κ2) is 7.87. The predicted molar refractivity (Wildman–Crippen MR) is 108 cm³/mol. The SMILES string of the molecule is COc1ccc([C@H]2C[C@@H](O[C@H]3C(=O)OCC3(C)C)OC(c3ccccc3)=N2)cc1. The van der Waals surface area contributed by atoms with Gasteiger partial charge in [-0.05, 0) is 29.8 Å². The van der Waals surface area contributed by atoms with Gasteiger partial charge in [0.1, 0.15) is 5.75 Å². The fourth-order valence-corrected chi connectivity index (χ4v) is 3.54. The quantitative estimate of drug-likeness (QED) is 0.719. The molecule has 0 aromatic heterocycles. The highest BCUT2D eigenvalue weighted by Crippen LogP contribution is 2.36. The lowest BCUT2D eigenvalue weighted by molar-refractivity contribution is -0.175. The van der Waals surface area contributed by atoms with Gasteiger partial charge in [0.15, 0.2) is 6.10 Å². The van der Waals surface area contributed by atoms with E-state index in [-0.39, 0.29) is 12.0 Å². The molecule has 2 heterocycles. The molecule has 29 heavy (non-hydrogen) atoms. The maximum absolute atomic E-state index is 12.2. The molecule has 0 aliphatic carbocycles. The molecule has 0 saturated carbocycles. The van der Waals surface area contributed by atoms with E-state index in [9.17, 15) is 4.79 Å². The zero-order chi connectivity index (χ0) is 20.4. The molecule has 0 unspecified atom stereocenters. The lowest BCUT2D eigenvalue weighted by atomic mass is 9.89. The van der Waals surface area contributed by atoms with Gasteiger partial charge in [-0.15, -0.1) is 0 Å². The van der Waals surface area contributed by atoms with Crippen LogP contribution in [0.4, 0.5) is 0 Å². The highest BCUT2D eigenvalue weighted by Gasteiger charge is 2.47. The van der Waals surface area contributed by atoms with E-state index >= 15 is 0 Å². The normalized spacial score (nSPS) is 25.7. The molecule has 0 spiro atoms. The Morgan fingerprint density at radius 3 is 2.41 bits per heavy atom. The summed E-state index contributed by atoms with van der Waals surface area (Å²) in [6.45, 7) is 4.25. The van der Waals surface area contributed by atoms with Crippen molar-refractivity contribution in [3.63, 3.8) is 0 Å².